The summed E-state index contributed by atoms with van der Waals surface area (Å²) in [6.07, 6.45) is 5.97. The minimum absolute atomic E-state index is 0.426. The summed E-state index contributed by atoms with van der Waals surface area (Å²) in [5, 5.41) is 0. The quantitative estimate of drug-likeness (QED) is 0.290. The molecule has 2 rings (SSSR count). The Morgan fingerprint density at radius 2 is 1.27 bits per heavy atom. The molecular formula is C22H28O4. The number of ether oxygens (including phenoxy) is 3. The van der Waals surface area contributed by atoms with Gasteiger partial charge < -0.3 is 14.2 Å². The van der Waals surface area contributed by atoms with Crippen LogP contribution in [-0.2, 0) is 6.42 Å². The van der Waals surface area contributed by atoms with Gasteiger partial charge in [-0.15, -0.1) is 0 Å². The van der Waals surface area contributed by atoms with Crippen molar-refractivity contribution in [3.05, 3.63) is 54.1 Å². The third-order valence-corrected chi connectivity index (χ3v) is 3.99. The summed E-state index contributed by atoms with van der Waals surface area (Å²) in [5.74, 6) is 1.67. The Morgan fingerprint density at radius 3 is 1.85 bits per heavy atom. The summed E-state index contributed by atoms with van der Waals surface area (Å²) < 4.78 is 16.0. The van der Waals surface area contributed by atoms with Gasteiger partial charge >= 0.3 is 6.16 Å². The van der Waals surface area contributed by atoms with E-state index in [0.717, 1.165) is 37.9 Å². The Labute approximate surface area is 156 Å². The molecule has 4 nitrogen and oxygen atoms in total. The van der Waals surface area contributed by atoms with Gasteiger partial charge in [0.15, 0.2) is 0 Å². The summed E-state index contributed by atoms with van der Waals surface area (Å²) in [5.41, 5.74) is 1.24. The van der Waals surface area contributed by atoms with E-state index in [1.807, 2.05) is 12.1 Å². The van der Waals surface area contributed by atoms with Gasteiger partial charge in [0.05, 0.1) is 6.61 Å². The summed E-state index contributed by atoms with van der Waals surface area (Å²) >= 11 is 0. The molecule has 0 saturated carbocycles. The van der Waals surface area contributed by atoms with Crippen molar-refractivity contribution in [1.29, 1.82) is 0 Å². The van der Waals surface area contributed by atoms with E-state index in [2.05, 4.69) is 13.8 Å². The molecule has 0 radical (unpaired) electrons. The predicted octanol–water partition coefficient (Wildman–Crippen LogP) is 6.18. The van der Waals surface area contributed by atoms with Gasteiger partial charge in [0, 0.05) is 0 Å². The zero-order chi connectivity index (χ0) is 18.6. The van der Waals surface area contributed by atoms with Crippen molar-refractivity contribution in [2.24, 2.45) is 0 Å². The molecule has 0 fully saturated rings. The van der Waals surface area contributed by atoms with Crippen LogP contribution in [0.5, 0.6) is 17.2 Å². The van der Waals surface area contributed by atoms with Crippen LogP contribution in [0.25, 0.3) is 0 Å². The Bertz CT molecular complexity index is 647. The first-order valence-corrected chi connectivity index (χ1v) is 9.42. The number of unbranched alkanes of at least 4 members (excludes halogenated alkanes) is 3. The SMILES string of the molecule is CCCCCOc1ccc(OC(=O)Oc2ccc(CCCC)cc2)cc1. The van der Waals surface area contributed by atoms with Crippen LogP contribution in [-0.4, -0.2) is 12.8 Å². The van der Waals surface area contributed by atoms with E-state index in [1.165, 1.54) is 12.0 Å². The fraction of sp³-hybridized carbons (Fsp3) is 0.409. The Hall–Kier alpha value is -2.49. The third-order valence-electron chi connectivity index (χ3n) is 3.99. The van der Waals surface area contributed by atoms with Crippen LogP contribution in [0.15, 0.2) is 48.5 Å². The standard InChI is InChI=1S/C22H28O4/c1-3-5-7-17-24-19-13-15-21(16-14-19)26-22(23)25-20-11-9-18(10-12-20)8-6-4-2/h9-16H,3-8,17H2,1-2H3. The summed E-state index contributed by atoms with van der Waals surface area (Å²) in [4.78, 5) is 11.9. The smallest absolute Gasteiger partial charge is 0.494 e. The van der Waals surface area contributed by atoms with Crippen LogP contribution in [0.1, 0.15) is 51.5 Å². The fourth-order valence-corrected chi connectivity index (χ4v) is 2.46. The number of hydrogen-bond donors (Lipinski definition) is 0. The highest BCUT2D eigenvalue weighted by Gasteiger charge is 2.08. The lowest BCUT2D eigenvalue weighted by atomic mass is 10.1. The molecule has 0 spiro atoms. The predicted molar refractivity (Wildman–Crippen MR) is 103 cm³/mol. The highest BCUT2D eigenvalue weighted by Crippen LogP contribution is 2.19. The number of aryl methyl sites for hydroxylation is 1. The first-order valence-electron chi connectivity index (χ1n) is 9.42. The van der Waals surface area contributed by atoms with Crippen LogP contribution < -0.4 is 14.2 Å². The Morgan fingerprint density at radius 1 is 0.731 bits per heavy atom. The molecule has 0 unspecified atom stereocenters. The minimum Gasteiger partial charge on any atom is -0.494 e. The molecule has 2 aromatic carbocycles. The summed E-state index contributed by atoms with van der Waals surface area (Å²) in [7, 11) is 0. The molecule has 0 aromatic heterocycles. The lowest BCUT2D eigenvalue weighted by molar-refractivity contribution is 0.152. The highest BCUT2D eigenvalue weighted by molar-refractivity contribution is 5.67. The molecule has 0 bridgehead atoms. The maximum Gasteiger partial charge on any atom is 0.519 e. The molecule has 0 heterocycles. The third kappa shape index (κ3) is 7.18. The molecule has 0 aliphatic heterocycles. The van der Waals surface area contributed by atoms with Crippen molar-refractivity contribution in [1.82, 2.24) is 0 Å². The normalized spacial score (nSPS) is 10.4. The molecular weight excluding hydrogens is 328 g/mol. The van der Waals surface area contributed by atoms with Gasteiger partial charge in [-0.3, -0.25) is 0 Å². The fourth-order valence-electron chi connectivity index (χ4n) is 2.46. The van der Waals surface area contributed by atoms with Gasteiger partial charge in [-0.25, -0.2) is 4.79 Å². The first-order chi connectivity index (χ1) is 12.7. The van der Waals surface area contributed by atoms with Crippen LogP contribution >= 0.6 is 0 Å². The average Bonchev–Trinajstić information content (AvgIpc) is 2.66. The molecule has 4 heteroatoms. The number of carbonyl (C=O) groups is 1. The molecule has 0 aliphatic carbocycles. The van der Waals surface area contributed by atoms with Crippen LogP contribution in [0.2, 0.25) is 0 Å². The largest absolute Gasteiger partial charge is 0.519 e. The maximum atomic E-state index is 11.9. The molecule has 0 aliphatic rings. The Kier molecular flexibility index (Phi) is 8.53. The van der Waals surface area contributed by atoms with Crippen LogP contribution in [0.4, 0.5) is 4.79 Å². The molecule has 2 aromatic rings. The second-order valence-corrected chi connectivity index (χ2v) is 6.23. The van der Waals surface area contributed by atoms with Crippen molar-refractivity contribution in [2.45, 2.75) is 52.4 Å². The second kappa shape index (κ2) is 11.2. The van der Waals surface area contributed by atoms with E-state index in [-0.39, 0.29) is 0 Å². The Balaban J connectivity index is 1.78. The molecule has 0 atom stereocenters. The maximum absolute atomic E-state index is 11.9. The van der Waals surface area contributed by atoms with Crippen LogP contribution in [0, 0.1) is 0 Å². The molecule has 140 valence electrons. The highest BCUT2D eigenvalue weighted by atomic mass is 16.7. The van der Waals surface area contributed by atoms with Gasteiger partial charge in [-0.1, -0.05) is 45.2 Å². The molecule has 0 amide bonds. The summed E-state index contributed by atoms with van der Waals surface area (Å²) in [6.45, 7) is 5.02. The zero-order valence-corrected chi connectivity index (χ0v) is 15.7. The van der Waals surface area contributed by atoms with Gasteiger partial charge in [-0.2, -0.15) is 0 Å². The minimum atomic E-state index is -0.747. The van der Waals surface area contributed by atoms with E-state index in [4.69, 9.17) is 14.2 Å². The second-order valence-electron chi connectivity index (χ2n) is 6.23. The lowest BCUT2D eigenvalue weighted by Gasteiger charge is -2.08. The topological polar surface area (TPSA) is 44.8 Å². The van der Waals surface area contributed by atoms with Crippen molar-refractivity contribution in [3.63, 3.8) is 0 Å². The molecule has 0 saturated heterocycles. The molecule has 26 heavy (non-hydrogen) atoms. The van der Waals surface area contributed by atoms with Crippen molar-refractivity contribution in [2.75, 3.05) is 6.61 Å². The summed E-state index contributed by atoms with van der Waals surface area (Å²) in [6, 6.07) is 14.5. The number of benzene rings is 2. The van der Waals surface area contributed by atoms with E-state index in [1.54, 1.807) is 36.4 Å². The van der Waals surface area contributed by atoms with Gasteiger partial charge in [0.2, 0.25) is 0 Å². The lowest BCUT2D eigenvalue weighted by Crippen LogP contribution is -2.13. The molecule has 0 N–H and O–H groups in total. The monoisotopic (exact) mass is 356 g/mol. The van der Waals surface area contributed by atoms with Crippen molar-refractivity contribution >= 4 is 6.16 Å². The average molecular weight is 356 g/mol. The van der Waals surface area contributed by atoms with E-state index in [0.29, 0.717) is 18.1 Å². The number of carbonyl (C=O) groups excluding carboxylic acids is 1. The number of rotatable bonds is 10. The van der Waals surface area contributed by atoms with Crippen molar-refractivity contribution in [3.8, 4) is 17.2 Å². The first kappa shape index (κ1) is 19.8. The van der Waals surface area contributed by atoms with E-state index < -0.39 is 6.16 Å². The number of hydrogen-bond acceptors (Lipinski definition) is 4. The van der Waals surface area contributed by atoms with Gasteiger partial charge in [-0.05, 0) is 61.2 Å². The van der Waals surface area contributed by atoms with Crippen molar-refractivity contribution < 1.29 is 19.0 Å². The van der Waals surface area contributed by atoms with Gasteiger partial charge in [0.25, 0.3) is 0 Å². The zero-order valence-electron chi connectivity index (χ0n) is 15.7. The van der Waals surface area contributed by atoms with E-state index >= 15 is 0 Å². The van der Waals surface area contributed by atoms with Crippen LogP contribution in [0.3, 0.4) is 0 Å². The van der Waals surface area contributed by atoms with E-state index in [9.17, 15) is 4.79 Å². The van der Waals surface area contributed by atoms with Gasteiger partial charge in [0.1, 0.15) is 17.2 Å².